The Hall–Kier alpha value is -0.0900. The highest BCUT2D eigenvalue weighted by Gasteiger charge is 2.23. The molecule has 1 atom stereocenters. The lowest BCUT2D eigenvalue weighted by Gasteiger charge is -2.30. The molecule has 4 heteroatoms. The van der Waals surface area contributed by atoms with Crippen molar-refractivity contribution in [3.05, 3.63) is 0 Å². The molecule has 116 valence electrons. The van der Waals surface area contributed by atoms with Gasteiger partial charge in [-0.1, -0.05) is 41.0 Å². The first-order valence-corrected chi connectivity index (χ1v) is 9.48. The first-order chi connectivity index (χ1) is 8.74. The van der Waals surface area contributed by atoms with Crippen molar-refractivity contribution >= 4 is 9.84 Å². The first-order valence-electron chi connectivity index (χ1n) is 7.66. The number of hydrogen-bond acceptors (Lipinski definition) is 3. The zero-order chi connectivity index (χ0) is 14.9. The van der Waals surface area contributed by atoms with Crippen LogP contribution in [-0.4, -0.2) is 33.0 Å². The third-order valence-corrected chi connectivity index (χ3v) is 5.42. The van der Waals surface area contributed by atoms with E-state index >= 15 is 0 Å². The van der Waals surface area contributed by atoms with Crippen LogP contribution in [0.3, 0.4) is 0 Å². The van der Waals surface area contributed by atoms with Gasteiger partial charge in [-0.25, -0.2) is 8.42 Å². The Morgan fingerprint density at radius 3 is 2.26 bits per heavy atom. The van der Waals surface area contributed by atoms with Crippen LogP contribution < -0.4 is 5.32 Å². The lowest BCUT2D eigenvalue weighted by molar-refractivity contribution is 0.250. The van der Waals surface area contributed by atoms with Gasteiger partial charge in [0.05, 0.1) is 5.75 Å². The van der Waals surface area contributed by atoms with Crippen LogP contribution in [0.4, 0.5) is 0 Å². The van der Waals surface area contributed by atoms with Gasteiger partial charge in [-0.2, -0.15) is 0 Å². The average Bonchev–Trinajstić information content (AvgIpc) is 2.28. The standard InChI is InChI=1S/C15H33NO2S/c1-6-9-15(5,13-16-12-14(3)4)10-8-11-19(17,18)7-2/h14,16H,6-13H2,1-5H3. The van der Waals surface area contributed by atoms with E-state index in [9.17, 15) is 8.42 Å². The quantitative estimate of drug-likeness (QED) is 0.635. The molecule has 0 aliphatic rings. The van der Waals surface area contributed by atoms with E-state index < -0.39 is 9.84 Å². The van der Waals surface area contributed by atoms with Gasteiger partial charge in [-0.05, 0) is 37.1 Å². The second-order valence-corrected chi connectivity index (χ2v) is 8.90. The number of hydrogen-bond donors (Lipinski definition) is 1. The molecule has 19 heavy (non-hydrogen) atoms. The van der Waals surface area contributed by atoms with Crippen LogP contribution in [-0.2, 0) is 9.84 Å². The summed E-state index contributed by atoms with van der Waals surface area (Å²) in [6.07, 6.45) is 4.09. The summed E-state index contributed by atoms with van der Waals surface area (Å²) < 4.78 is 23.1. The smallest absolute Gasteiger partial charge is 0.150 e. The van der Waals surface area contributed by atoms with Crippen molar-refractivity contribution in [2.24, 2.45) is 11.3 Å². The molecule has 0 amide bonds. The molecule has 0 saturated heterocycles. The molecule has 0 rings (SSSR count). The molecule has 0 aromatic rings. The van der Waals surface area contributed by atoms with E-state index in [1.54, 1.807) is 6.92 Å². The third-order valence-electron chi connectivity index (χ3n) is 3.63. The van der Waals surface area contributed by atoms with Crippen LogP contribution in [0.2, 0.25) is 0 Å². The maximum atomic E-state index is 11.5. The predicted molar refractivity (Wildman–Crippen MR) is 84.3 cm³/mol. The Morgan fingerprint density at radius 2 is 1.79 bits per heavy atom. The Kier molecular flexibility index (Phi) is 8.92. The number of rotatable bonds is 11. The lowest BCUT2D eigenvalue weighted by Crippen LogP contribution is -2.34. The van der Waals surface area contributed by atoms with Crippen molar-refractivity contribution < 1.29 is 8.42 Å². The van der Waals surface area contributed by atoms with Crippen LogP contribution in [0.1, 0.15) is 60.3 Å². The average molecular weight is 292 g/mol. The molecule has 0 heterocycles. The van der Waals surface area contributed by atoms with Gasteiger partial charge >= 0.3 is 0 Å². The normalized spacial score (nSPS) is 15.7. The summed E-state index contributed by atoms with van der Waals surface area (Å²) in [6, 6.07) is 0. The fourth-order valence-electron chi connectivity index (χ4n) is 2.43. The van der Waals surface area contributed by atoms with Crippen LogP contribution in [0, 0.1) is 11.3 Å². The molecular formula is C15H33NO2S. The molecule has 0 spiro atoms. The lowest BCUT2D eigenvalue weighted by atomic mass is 9.81. The minimum Gasteiger partial charge on any atom is -0.316 e. The van der Waals surface area contributed by atoms with Crippen LogP contribution in [0.15, 0.2) is 0 Å². The summed E-state index contributed by atoms with van der Waals surface area (Å²) in [5.74, 6) is 1.27. The van der Waals surface area contributed by atoms with Crippen molar-refractivity contribution in [1.29, 1.82) is 0 Å². The van der Waals surface area contributed by atoms with E-state index in [4.69, 9.17) is 0 Å². The molecule has 1 unspecified atom stereocenters. The largest absolute Gasteiger partial charge is 0.316 e. The minimum atomic E-state index is -2.81. The summed E-state index contributed by atoms with van der Waals surface area (Å²) >= 11 is 0. The Morgan fingerprint density at radius 1 is 1.16 bits per heavy atom. The zero-order valence-corrected chi connectivity index (χ0v) is 14.3. The highest BCUT2D eigenvalue weighted by atomic mass is 32.2. The number of nitrogens with one attached hydrogen (secondary N) is 1. The van der Waals surface area contributed by atoms with Crippen molar-refractivity contribution in [3.63, 3.8) is 0 Å². The van der Waals surface area contributed by atoms with Gasteiger partial charge in [0, 0.05) is 12.3 Å². The highest BCUT2D eigenvalue weighted by Crippen LogP contribution is 2.28. The summed E-state index contributed by atoms with van der Waals surface area (Å²) in [7, 11) is -2.81. The van der Waals surface area contributed by atoms with E-state index in [1.165, 1.54) is 0 Å². The molecule has 1 N–H and O–H groups in total. The Balaban J connectivity index is 4.22. The van der Waals surface area contributed by atoms with Crippen LogP contribution in [0.5, 0.6) is 0 Å². The minimum absolute atomic E-state index is 0.229. The molecule has 0 aromatic heterocycles. The van der Waals surface area contributed by atoms with E-state index in [2.05, 4.69) is 33.0 Å². The molecule has 0 aliphatic heterocycles. The van der Waals surface area contributed by atoms with Gasteiger partial charge in [0.25, 0.3) is 0 Å². The van der Waals surface area contributed by atoms with E-state index in [0.29, 0.717) is 11.7 Å². The number of sulfone groups is 1. The van der Waals surface area contributed by atoms with Crippen molar-refractivity contribution in [3.8, 4) is 0 Å². The molecular weight excluding hydrogens is 258 g/mol. The summed E-state index contributed by atoms with van der Waals surface area (Å²) in [6.45, 7) is 12.6. The topological polar surface area (TPSA) is 46.2 Å². The van der Waals surface area contributed by atoms with Crippen molar-refractivity contribution in [1.82, 2.24) is 5.32 Å². The fraction of sp³-hybridized carbons (Fsp3) is 1.00. The molecule has 0 fully saturated rings. The van der Waals surface area contributed by atoms with Crippen molar-refractivity contribution in [2.45, 2.75) is 60.3 Å². The molecule has 0 radical (unpaired) electrons. The van der Waals surface area contributed by atoms with Crippen LogP contribution in [0.25, 0.3) is 0 Å². The van der Waals surface area contributed by atoms with Gasteiger partial charge in [-0.15, -0.1) is 0 Å². The van der Waals surface area contributed by atoms with Crippen molar-refractivity contribution in [2.75, 3.05) is 24.6 Å². The zero-order valence-electron chi connectivity index (χ0n) is 13.5. The Labute approximate surface area is 120 Å². The maximum Gasteiger partial charge on any atom is 0.150 e. The predicted octanol–water partition coefficient (Wildman–Crippen LogP) is 3.25. The second kappa shape index (κ2) is 8.96. The monoisotopic (exact) mass is 291 g/mol. The van der Waals surface area contributed by atoms with Gasteiger partial charge in [0.2, 0.25) is 0 Å². The van der Waals surface area contributed by atoms with Gasteiger partial charge in [-0.3, -0.25) is 0 Å². The Bertz CT molecular complexity index is 325. The van der Waals surface area contributed by atoms with Gasteiger partial charge in [0.1, 0.15) is 9.84 Å². The second-order valence-electron chi connectivity index (χ2n) is 6.43. The van der Waals surface area contributed by atoms with E-state index in [-0.39, 0.29) is 11.2 Å². The molecule has 3 nitrogen and oxygen atoms in total. The van der Waals surface area contributed by atoms with Gasteiger partial charge in [0.15, 0.2) is 0 Å². The van der Waals surface area contributed by atoms with E-state index in [1.807, 2.05) is 0 Å². The molecule has 0 aromatic carbocycles. The molecule has 0 saturated carbocycles. The SMILES string of the molecule is CCCC(C)(CCCS(=O)(=O)CC)CNCC(C)C. The van der Waals surface area contributed by atoms with Gasteiger partial charge < -0.3 is 5.32 Å². The summed E-state index contributed by atoms with van der Waals surface area (Å²) in [5.41, 5.74) is 0.229. The third kappa shape index (κ3) is 9.44. The molecule has 0 bridgehead atoms. The highest BCUT2D eigenvalue weighted by molar-refractivity contribution is 7.91. The summed E-state index contributed by atoms with van der Waals surface area (Å²) in [4.78, 5) is 0. The molecule has 0 aliphatic carbocycles. The first kappa shape index (κ1) is 18.9. The van der Waals surface area contributed by atoms with E-state index in [0.717, 1.165) is 38.8 Å². The van der Waals surface area contributed by atoms with Crippen LogP contribution >= 0.6 is 0 Å². The maximum absolute atomic E-state index is 11.5. The fourth-order valence-corrected chi connectivity index (χ4v) is 3.30. The summed E-state index contributed by atoms with van der Waals surface area (Å²) in [5, 5.41) is 3.52.